The minimum Gasteiger partial charge on any atom is -0.373 e. The monoisotopic (exact) mass is 200 g/mol. The number of anilines is 1. The first-order valence-corrected chi connectivity index (χ1v) is 4.66. The zero-order valence-electron chi connectivity index (χ0n) is 8.51. The number of rotatable bonds is 3. The predicted molar refractivity (Wildman–Crippen MR) is 61.0 cm³/mol. The number of nitrogens with one attached hydrogen (secondary N) is 1. The Morgan fingerprint density at radius 1 is 1.47 bits per heavy atom. The molecule has 2 aromatic heterocycles. The number of aromatic nitrogens is 3. The molecule has 0 saturated heterocycles. The second-order valence-electron chi connectivity index (χ2n) is 3.05. The van der Waals surface area contributed by atoms with Gasteiger partial charge in [0.1, 0.15) is 5.82 Å². The van der Waals surface area contributed by atoms with Crippen molar-refractivity contribution in [2.45, 2.75) is 0 Å². The highest BCUT2D eigenvalue weighted by atomic mass is 15.3. The molecule has 0 bridgehead atoms. The van der Waals surface area contributed by atoms with Gasteiger partial charge in [-0.25, -0.2) is 9.67 Å². The first kappa shape index (κ1) is 9.45. The van der Waals surface area contributed by atoms with Crippen molar-refractivity contribution >= 4 is 11.9 Å². The van der Waals surface area contributed by atoms with E-state index in [1.54, 1.807) is 17.0 Å². The first-order valence-electron chi connectivity index (χ1n) is 4.66. The lowest BCUT2D eigenvalue weighted by atomic mass is 10.4. The highest BCUT2D eigenvalue weighted by Crippen LogP contribution is 2.09. The van der Waals surface area contributed by atoms with Crippen LogP contribution < -0.4 is 5.32 Å². The lowest BCUT2D eigenvalue weighted by molar-refractivity contribution is 0.848. The third kappa shape index (κ3) is 1.88. The van der Waals surface area contributed by atoms with Crippen molar-refractivity contribution < 1.29 is 0 Å². The zero-order chi connectivity index (χ0) is 10.7. The highest BCUT2D eigenvalue weighted by molar-refractivity contribution is 5.45. The van der Waals surface area contributed by atoms with Crippen LogP contribution in [0.3, 0.4) is 0 Å². The zero-order valence-corrected chi connectivity index (χ0v) is 8.51. The van der Waals surface area contributed by atoms with Crippen LogP contribution in [0.4, 0.5) is 5.82 Å². The van der Waals surface area contributed by atoms with Crippen molar-refractivity contribution in [2.24, 2.45) is 0 Å². The molecule has 0 aliphatic rings. The highest BCUT2D eigenvalue weighted by Gasteiger charge is 2.00. The van der Waals surface area contributed by atoms with Gasteiger partial charge < -0.3 is 5.32 Å². The molecule has 0 spiro atoms. The number of nitrogens with zero attached hydrogens (tertiary/aromatic N) is 3. The Morgan fingerprint density at radius 2 is 2.33 bits per heavy atom. The van der Waals surface area contributed by atoms with Crippen molar-refractivity contribution in [1.82, 2.24) is 14.8 Å². The second kappa shape index (κ2) is 3.96. The molecule has 0 aliphatic heterocycles. The maximum atomic E-state index is 4.36. The summed E-state index contributed by atoms with van der Waals surface area (Å²) in [4.78, 5) is 4.36. The molecule has 4 nitrogen and oxygen atoms in total. The summed E-state index contributed by atoms with van der Waals surface area (Å²) in [5.74, 6) is 1.61. The summed E-state index contributed by atoms with van der Waals surface area (Å²) in [6.07, 6.45) is 5.39. The van der Waals surface area contributed by atoms with Crippen LogP contribution in [0.1, 0.15) is 5.56 Å². The molecular weight excluding hydrogens is 188 g/mol. The minimum absolute atomic E-state index is 0.787. The Morgan fingerprint density at radius 3 is 3.00 bits per heavy atom. The van der Waals surface area contributed by atoms with Gasteiger partial charge in [-0.1, -0.05) is 18.7 Å². The summed E-state index contributed by atoms with van der Waals surface area (Å²) in [7, 11) is 1.84. The van der Waals surface area contributed by atoms with E-state index in [1.165, 1.54) is 0 Å². The fraction of sp³-hybridized carbons (Fsp3) is 0.0909. The first-order chi connectivity index (χ1) is 7.33. The van der Waals surface area contributed by atoms with Crippen molar-refractivity contribution in [1.29, 1.82) is 0 Å². The van der Waals surface area contributed by atoms with Crippen LogP contribution in [0.15, 0.2) is 37.2 Å². The quantitative estimate of drug-likeness (QED) is 0.823. The average molecular weight is 200 g/mol. The molecule has 0 amide bonds. The van der Waals surface area contributed by atoms with E-state index in [1.807, 2.05) is 31.4 Å². The minimum atomic E-state index is 0.787. The third-order valence-corrected chi connectivity index (χ3v) is 2.06. The molecule has 0 aromatic carbocycles. The van der Waals surface area contributed by atoms with E-state index in [2.05, 4.69) is 22.0 Å². The van der Waals surface area contributed by atoms with Crippen molar-refractivity contribution in [3.8, 4) is 5.82 Å². The van der Waals surface area contributed by atoms with Crippen molar-refractivity contribution in [3.05, 3.63) is 42.7 Å². The third-order valence-electron chi connectivity index (χ3n) is 2.06. The number of pyridine rings is 1. The Kier molecular flexibility index (Phi) is 2.49. The van der Waals surface area contributed by atoms with Gasteiger partial charge in [-0.15, -0.1) is 0 Å². The summed E-state index contributed by atoms with van der Waals surface area (Å²) in [6.45, 7) is 3.69. The average Bonchev–Trinajstić information content (AvgIpc) is 2.78. The smallest absolute Gasteiger partial charge is 0.155 e. The molecular formula is C11H12N4. The van der Waals surface area contributed by atoms with Crippen LogP contribution in [0, 0.1) is 0 Å². The van der Waals surface area contributed by atoms with E-state index >= 15 is 0 Å². The molecule has 0 radical (unpaired) electrons. The molecule has 0 saturated carbocycles. The summed E-state index contributed by atoms with van der Waals surface area (Å²) < 4.78 is 1.72. The van der Waals surface area contributed by atoms with E-state index < -0.39 is 0 Å². The normalized spacial score (nSPS) is 9.93. The maximum absolute atomic E-state index is 4.36. The summed E-state index contributed by atoms with van der Waals surface area (Å²) in [5, 5.41) is 7.17. The number of hydrogen-bond acceptors (Lipinski definition) is 3. The standard InChI is InChI=1S/C11H12N4/c1-3-9-7-13-15(8-9)11-6-4-5-10(12-2)14-11/h3-8H,1H2,2H3,(H,12,14). The Labute approximate surface area is 88.3 Å². The SMILES string of the molecule is C=Cc1cnn(-c2cccc(NC)n2)c1. The summed E-state index contributed by atoms with van der Waals surface area (Å²) >= 11 is 0. The van der Waals surface area contributed by atoms with Crippen LogP contribution in [0.2, 0.25) is 0 Å². The van der Waals surface area contributed by atoms with Crippen LogP contribution in [-0.4, -0.2) is 21.8 Å². The largest absolute Gasteiger partial charge is 0.373 e. The molecule has 0 unspecified atom stereocenters. The van der Waals surface area contributed by atoms with Gasteiger partial charge in [-0.2, -0.15) is 5.10 Å². The molecule has 0 aliphatic carbocycles. The van der Waals surface area contributed by atoms with Gasteiger partial charge in [0.05, 0.1) is 6.20 Å². The van der Waals surface area contributed by atoms with Gasteiger partial charge >= 0.3 is 0 Å². The molecule has 15 heavy (non-hydrogen) atoms. The Hall–Kier alpha value is -2.10. The van der Waals surface area contributed by atoms with Crippen LogP contribution in [-0.2, 0) is 0 Å². The summed E-state index contributed by atoms with van der Waals surface area (Å²) in [6, 6.07) is 5.74. The lowest BCUT2D eigenvalue weighted by Gasteiger charge is -2.02. The second-order valence-corrected chi connectivity index (χ2v) is 3.05. The van der Waals surface area contributed by atoms with Gasteiger partial charge in [0, 0.05) is 18.8 Å². The molecule has 76 valence electrons. The Bertz CT molecular complexity index is 473. The van der Waals surface area contributed by atoms with Gasteiger partial charge in [-0.3, -0.25) is 0 Å². The predicted octanol–water partition coefficient (Wildman–Crippen LogP) is 1.95. The Balaban J connectivity index is 2.39. The molecule has 2 rings (SSSR count). The van der Waals surface area contributed by atoms with Gasteiger partial charge in [0.15, 0.2) is 5.82 Å². The topological polar surface area (TPSA) is 42.7 Å². The molecule has 2 aromatic rings. The van der Waals surface area contributed by atoms with E-state index in [0.717, 1.165) is 17.2 Å². The maximum Gasteiger partial charge on any atom is 0.155 e. The number of hydrogen-bond donors (Lipinski definition) is 1. The molecule has 1 N–H and O–H groups in total. The molecule has 0 fully saturated rings. The van der Waals surface area contributed by atoms with Crippen molar-refractivity contribution in [2.75, 3.05) is 12.4 Å². The van der Waals surface area contributed by atoms with E-state index in [4.69, 9.17) is 0 Å². The lowest BCUT2D eigenvalue weighted by Crippen LogP contribution is -2.00. The van der Waals surface area contributed by atoms with E-state index in [-0.39, 0.29) is 0 Å². The van der Waals surface area contributed by atoms with E-state index in [9.17, 15) is 0 Å². The van der Waals surface area contributed by atoms with Gasteiger partial charge in [-0.05, 0) is 12.1 Å². The van der Waals surface area contributed by atoms with Crippen LogP contribution in [0.5, 0.6) is 0 Å². The van der Waals surface area contributed by atoms with Crippen molar-refractivity contribution in [3.63, 3.8) is 0 Å². The fourth-order valence-corrected chi connectivity index (χ4v) is 1.26. The van der Waals surface area contributed by atoms with E-state index in [0.29, 0.717) is 0 Å². The fourth-order valence-electron chi connectivity index (χ4n) is 1.26. The van der Waals surface area contributed by atoms with Crippen LogP contribution >= 0.6 is 0 Å². The van der Waals surface area contributed by atoms with Gasteiger partial charge in [0.2, 0.25) is 0 Å². The summed E-state index contributed by atoms with van der Waals surface area (Å²) in [5.41, 5.74) is 0.978. The van der Waals surface area contributed by atoms with Gasteiger partial charge in [0.25, 0.3) is 0 Å². The molecule has 2 heterocycles. The van der Waals surface area contributed by atoms with Crippen LogP contribution in [0.25, 0.3) is 11.9 Å². The molecule has 4 heteroatoms. The molecule has 0 atom stereocenters.